The molecule has 0 aliphatic carbocycles. The Kier molecular flexibility index (Phi) is 5.99. The summed E-state index contributed by atoms with van der Waals surface area (Å²) in [6.45, 7) is -0.311. The van der Waals surface area contributed by atoms with Gasteiger partial charge in [-0.15, -0.1) is 11.8 Å². The number of esters is 2. The number of carbonyl (C=O) groups excluding carboxylic acids is 2. The van der Waals surface area contributed by atoms with Crippen LogP contribution < -0.4 is 4.90 Å². The average Bonchev–Trinajstić information content (AvgIpc) is 2.65. The zero-order valence-corrected chi connectivity index (χ0v) is 14.6. The maximum absolute atomic E-state index is 12.2. The normalized spacial score (nSPS) is 14.3. The number of methoxy groups -OCH3 is 2. The number of hydrogen-bond acceptors (Lipinski definition) is 9. The van der Waals surface area contributed by atoms with Crippen LogP contribution in [0.1, 0.15) is 0 Å². The van der Waals surface area contributed by atoms with Gasteiger partial charge in [0.05, 0.1) is 31.3 Å². The molecule has 2 rings (SSSR count). The third-order valence-electron chi connectivity index (χ3n) is 3.50. The standard InChI is InChI=1S/C15H16N2O7S/c1-22-14(18)10-7-24-8-16(13(10)15(19)23-2)11-5-4-9(25-3)6-12(11)17(20)21/h4-6H,7-8H2,1-3H3. The summed E-state index contributed by atoms with van der Waals surface area (Å²) in [5, 5.41) is 11.5. The molecule has 1 aromatic carbocycles. The maximum atomic E-state index is 12.2. The highest BCUT2D eigenvalue weighted by molar-refractivity contribution is 7.98. The summed E-state index contributed by atoms with van der Waals surface area (Å²) in [6, 6.07) is 4.56. The Morgan fingerprint density at radius 2 is 1.96 bits per heavy atom. The Morgan fingerprint density at radius 3 is 2.52 bits per heavy atom. The van der Waals surface area contributed by atoms with Crippen molar-refractivity contribution in [2.45, 2.75) is 4.90 Å². The maximum Gasteiger partial charge on any atom is 0.355 e. The number of nitro benzene ring substituents is 1. The van der Waals surface area contributed by atoms with Gasteiger partial charge in [-0.05, 0) is 18.4 Å². The van der Waals surface area contributed by atoms with Gasteiger partial charge in [-0.25, -0.2) is 9.59 Å². The van der Waals surface area contributed by atoms with Crippen LogP contribution in [0.2, 0.25) is 0 Å². The molecule has 0 bridgehead atoms. The third kappa shape index (κ3) is 3.74. The summed E-state index contributed by atoms with van der Waals surface area (Å²) in [5.74, 6) is -1.58. The average molecular weight is 368 g/mol. The highest BCUT2D eigenvalue weighted by atomic mass is 32.2. The van der Waals surface area contributed by atoms with Crippen molar-refractivity contribution in [3.05, 3.63) is 39.6 Å². The molecule has 0 amide bonds. The van der Waals surface area contributed by atoms with E-state index in [1.54, 1.807) is 12.3 Å². The van der Waals surface area contributed by atoms with E-state index < -0.39 is 16.9 Å². The van der Waals surface area contributed by atoms with Crippen molar-refractivity contribution in [1.29, 1.82) is 0 Å². The van der Waals surface area contributed by atoms with Crippen molar-refractivity contribution in [3.63, 3.8) is 0 Å². The first kappa shape index (κ1) is 18.7. The Balaban J connectivity index is 2.65. The highest BCUT2D eigenvalue weighted by Gasteiger charge is 2.35. The van der Waals surface area contributed by atoms with Crippen LogP contribution in [0.5, 0.6) is 0 Å². The van der Waals surface area contributed by atoms with E-state index in [0.29, 0.717) is 4.90 Å². The van der Waals surface area contributed by atoms with Crippen LogP contribution >= 0.6 is 11.8 Å². The van der Waals surface area contributed by atoms with Crippen LogP contribution in [0.4, 0.5) is 11.4 Å². The molecule has 0 fully saturated rings. The van der Waals surface area contributed by atoms with Gasteiger partial charge in [0.2, 0.25) is 0 Å². The predicted molar refractivity (Wildman–Crippen MR) is 89.2 cm³/mol. The molecule has 1 aliphatic heterocycles. The minimum Gasteiger partial charge on any atom is -0.466 e. The van der Waals surface area contributed by atoms with Crippen molar-refractivity contribution in [2.75, 3.05) is 38.7 Å². The highest BCUT2D eigenvalue weighted by Crippen LogP contribution is 2.36. The van der Waals surface area contributed by atoms with Gasteiger partial charge in [0.15, 0.2) is 0 Å². The second-order valence-corrected chi connectivity index (χ2v) is 5.71. The quantitative estimate of drug-likeness (QED) is 0.332. The van der Waals surface area contributed by atoms with Crippen molar-refractivity contribution >= 4 is 35.1 Å². The number of nitro groups is 1. The van der Waals surface area contributed by atoms with Gasteiger partial charge in [-0.1, -0.05) is 0 Å². The zero-order valence-electron chi connectivity index (χ0n) is 13.8. The molecule has 10 heteroatoms. The van der Waals surface area contributed by atoms with Crippen LogP contribution in [0.25, 0.3) is 0 Å². The van der Waals surface area contributed by atoms with Gasteiger partial charge in [0.1, 0.15) is 18.1 Å². The lowest BCUT2D eigenvalue weighted by atomic mass is 10.1. The van der Waals surface area contributed by atoms with Gasteiger partial charge in [-0.2, -0.15) is 0 Å². The van der Waals surface area contributed by atoms with E-state index in [1.807, 2.05) is 0 Å². The Labute approximate surface area is 147 Å². The molecule has 0 atom stereocenters. The van der Waals surface area contributed by atoms with Crippen molar-refractivity contribution in [1.82, 2.24) is 0 Å². The van der Waals surface area contributed by atoms with Crippen molar-refractivity contribution in [2.24, 2.45) is 0 Å². The Morgan fingerprint density at radius 1 is 1.28 bits per heavy atom. The van der Waals surface area contributed by atoms with Gasteiger partial charge in [0, 0.05) is 11.0 Å². The summed E-state index contributed by atoms with van der Waals surface area (Å²) in [5.41, 5.74) is -0.309. The molecule has 0 saturated carbocycles. The molecule has 0 saturated heterocycles. The molecule has 25 heavy (non-hydrogen) atoms. The van der Waals surface area contributed by atoms with E-state index in [1.165, 1.54) is 35.9 Å². The predicted octanol–water partition coefficient (Wildman–Crippen LogP) is 1.71. The van der Waals surface area contributed by atoms with Crippen LogP contribution in [-0.4, -0.2) is 50.7 Å². The van der Waals surface area contributed by atoms with Gasteiger partial charge in [-0.3, -0.25) is 10.1 Å². The summed E-state index contributed by atoms with van der Waals surface area (Å²) < 4.78 is 14.7. The van der Waals surface area contributed by atoms with Crippen LogP contribution in [0.15, 0.2) is 34.4 Å². The molecule has 0 spiro atoms. The summed E-state index contributed by atoms with van der Waals surface area (Å²) in [4.78, 5) is 37.0. The zero-order chi connectivity index (χ0) is 18.6. The fourth-order valence-electron chi connectivity index (χ4n) is 2.34. The topological polar surface area (TPSA) is 108 Å². The van der Waals surface area contributed by atoms with Crippen LogP contribution in [0, 0.1) is 10.1 Å². The molecule has 1 aromatic rings. The first-order valence-electron chi connectivity index (χ1n) is 7.02. The summed E-state index contributed by atoms with van der Waals surface area (Å²) in [6.07, 6.45) is 1.79. The molecular formula is C15H16N2O7S. The molecule has 9 nitrogen and oxygen atoms in total. The van der Waals surface area contributed by atoms with E-state index in [4.69, 9.17) is 9.47 Å². The number of thioether (sulfide) groups is 1. The van der Waals surface area contributed by atoms with Gasteiger partial charge >= 0.3 is 11.9 Å². The second-order valence-electron chi connectivity index (χ2n) is 4.83. The number of carbonyl (C=O) groups is 2. The van der Waals surface area contributed by atoms with Gasteiger partial charge < -0.3 is 19.1 Å². The van der Waals surface area contributed by atoms with E-state index >= 15 is 0 Å². The Bertz CT molecular complexity index is 747. The molecule has 0 aromatic heterocycles. The second kappa shape index (κ2) is 7.99. The number of benzene rings is 1. The largest absolute Gasteiger partial charge is 0.466 e. The molecule has 1 heterocycles. The van der Waals surface area contributed by atoms with Crippen molar-refractivity contribution < 1.29 is 28.7 Å². The fraction of sp³-hybridized carbons (Fsp3) is 0.333. The van der Waals surface area contributed by atoms with E-state index in [2.05, 4.69) is 4.74 Å². The number of anilines is 1. The number of ether oxygens (including phenoxy) is 3. The first-order valence-corrected chi connectivity index (χ1v) is 8.24. The lowest BCUT2D eigenvalue weighted by molar-refractivity contribution is -0.384. The number of hydrogen-bond donors (Lipinski definition) is 0. The fourth-order valence-corrected chi connectivity index (χ4v) is 2.77. The number of nitrogens with zero attached hydrogens (tertiary/aromatic N) is 2. The first-order chi connectivity index (χ1) is 11.9. The van der Waals surface area contributed by atoms with Gasteiger partial charge in [0.25, 0.3) is 5.69 Å². The summed E-state index contributed by atoms with van der Waals surface area (Å²) in [7, 11) is 2.32. The minimum atomic E-state index is -0.813. The molecule has 0 radical (unpaired) electrons. The lowest BCUT2D eigenvalue weighted by Crippen LogP contribution is -2.39. The van der Waals surface area contributed by atoms with E-state index in [0.717, 1.165) is 7.11 Å². The lowest BCUT2D eigenvalue weighted by Gasteiger charge is -2.30. The minimum absolute atomic E-state index is 0.0659. The molecule has 0 N–H and O–H groups in total. The third-order valence-corrected chi connectivity index (χ3v) is 4.23. The monoisotopic (exact) mass is 368 g/mol. The smallest absolute Gasteiger partial charge is 0.355 e. The SMILES string of the molecule is COC(=O)C1=C(C(=O)OC)N(c2ccc(SC)cc2[N+](=O)[O-])COC1. The molecule has 0 unspecified atom stereocenters. The van der Waals surface area contributed by atoms with E-state index in [-0.39, 0.29) is 36.0 Å². The van der Waals surface area contributed by atoms with Crippen molar-refractivity contribution in [3.8, 4) is 0 Å². The van der Waals surface area contributed by atoms with Crippen LogP contribution in [0.3, 0.4) is 0 Å². The van der Waals surface area contributed by atoms with E-state index in [9.17, 15) is 19.7 Å². The number of rotatable bonds is 5. The Hall–Kier alpha value is -2.59. The molecule has 1 aliphatic rings. The summed E-state index contributed by atoms with van der Waals surface area (Å²) >= 11 is 1.34. The molecule has 134 valence electrons. The van der Waals surface area contributed by atoms with Crippen LogP contribution in [-0.2, 0) is 23.8 Å². The molecular weight excluding hydrogens is 352 g/mol.